The van der Waals surface area contributed by atoms with Crippen LogP contribution in [-0.4, -0.2) is 4.98 Å². The summed E-state index contributed by atoms with van der Waals surface area (Å²) in [6.07, 6.45) is 0. The molecule has 1 aromatic heterocycles. The first kappa shape index (κ1) is 10.7. The number of benzene rings is 2. The fourth-order valence-corrected chi connectivity index (χ4v) is 2.02. The molecular weight excluding hydrogens is 229 g/mol. The molecule has 3 heteroatoms. The number of aromatic amines is 1. The minimum absolute atomic E-state index is 0.160. The highest BCUT2D eigenvalue weighted by Gasteiger charge is 2.04. The van der Waals surface area contributed by atoms with Crippen molar-refractivity contribution in [2.45, 2.75) is 0 Å². The van der Waals surface area contributed by atoms with Gasteiger partial charge in [-0.2, -0.15) is 0 Å². The number of aromatic nitrogens is 1. The molecule has 0 aliphatic heterocycles. The summed E-state index contributed by atoms with van der Waals surface area (Å²) in [7, 11) is 0. The number of fused-ring (bicyclic) bond motifs is 1. The van der Waals surface area contributed by atoms with Crippen molar-refractivity contribution in [2.75, 3.05) is 0 Å². The van der Waals surface area contributed by atoms with Gasteiger partial charge in [-0.1, -0.05) is 30.3 Å². The first-order valence-corrected chi connectivity index (χ1v) is 5.62. The molecule has 3 rings (SSSR count). The van der Waals surface area contributed by atoms with Gasteiger partial charge in [-0.15, -0.1) is 0 Å². The molecule has 0 radical (unpaired) electrons. The maximum Gasteiger partial charge on any atom is 0.256 e. The predicted molar refractivity (Wildman–Crippen MR) is 70.0 cm³/mol. The molecular formula is C15H10FNO. The molecule has 0 bridgehead atoms. The van der Waals surface area contributed by atoms with E-state index in [1.807, 2.05) is 24.3 Å². The van der Waals surface area contributed by atoms with Crippen LogP contribution in [0.4, 0.5) is 4.39 Å². The zero-order chi connectivity index (χ0) is 12.5. The number of nitrogens with one attached hydrogen (secondary N) is 1. The van der Waals surface area contributed by atoms with Crippen molar-refractivity contribution < 1.29 is 4.39 Å². The highest BCUT2D eigenvalue weighted by Crippen LogP contribution is 2.20. The lowest BCUT2D eigenvalue weighted by atomic mass is 10.1. The van der Waals surface area contributed by atoms with Crippen molar-refractivity contribution in [2.24, 2.45) is 0 Å². The lowest BCUT2D eigenvalue weighted by Crippen LogP contribution is -2.06. The van der Waals surface area contributed by atoms with Crippen molar-refractivity contribution in [1.29, 1.82) is 0 Å². The molecule has 2 aromatic carbocycles. The minimum atomic E-state index is -0.318. The van der Waals surface area contributed by atoms with Gasteiger partial charge in [-0.25, -0.2) is 4.39 Å². The van der Waals surface area contributed by atoms with Crippen LogP contribution in [0.3, 0.4) is 0 Å². The minimum Gasteiger partial charge on any atom is -0.321 e. The van der Waals surface area contributed by atoms with Crippen LogP contribution in [0.15, 0.2) is 59.4 Å². The van der Waals surface area contributed by atoms with E-state index >= 15 is 0 Å². The second-order valence-electron chi connectivity index (χ2n) is 4.11. The van der Waals surface area contributed by atoms with Gasteiger partial charge in [0.05, 0.1) is 0 Å². The van der Waals surface area contributed by atoms with Gasteiger partial charge in [-0.05, 0) is 29.7 Å². The molecule has 0 aliphatic rings. The van der Waals surface area contributed by atoms with Crippen LogP contribution in [0.2, 0.25) is 0 Å². The summed E-state index contributed by atoms with van der Waals surface area (Å²) in [4.78, 5) is 14.7. The van der Waals surface area contributed by atoms with E-state index in [1.54, 1.807) is 18.2 Å². The summed E-state index contributed by atoms with van der Waals surface area (Å²) in [5, 5.41) is 1.48. The number of hydrogen-bond acceptors (Lipinski definition) is 1. The SMILES string of the molecule is O=c1[nH]c(-c2cccc(F)c2)cc2ccccc12. The third-order valence-corrected chi connectivity index (χ3v) is 2.89. The fourth-order valence-electron chi connectivity index (χ4n) is 2.02. The molecule has 1 N–H and O–H groups in total. The highest BCUT2D eigenvalue weighted by molar-refractivity contribution is 5.84. The molecule has 2 nitrogen and oxygen atoms in total. The average Bonchev–Trinajstić information content (AvgIpc) is 2.39. The van der Waals surface area contributed by atoms with Crippen LogP contribution in [0, 0.1) is 5.82 Å². The van der Waals surface area contributed by atoms with Crippen molar-refractivity contribution in [1.82, 2.24) is 4.98 Å². The van der Waals surface area contributed by atoms with Gasteiger partial charge in [0, 0.05) is 16.6 Å². The molecule has 0 unspecified atom stereocenters. The molecule has 3 aromatic rings. The summed E-state index contributed by atoms with van der Waals surface area (Å²) in [5.74, 6) is -0.318. The summed E-state index contributed by atoms with van der Waals surface area (Å²) >= 11 is 0. The molecule has 0 saturated heterocycles. The molecule has 18 heavy (non-hydrogen) atoms. The maximum atomic E-state index is 13.2. The number of rotatable bonds is 1. The Morgan fingerprint density at radius 2 is 1.78 bits per heavy atom. The standard InChI is InChI=1S/C15H10FNO/c16-12-6-3-5-11(8-12)14-9-10-4-1-2-7-13(10)15(18)17-14/h1-9H,(H,17,18). The van der Waals surface area contributed by atoms with Crippen LogP contribution >= 0.6 is 0 Å². The Morgan fingerprint density at radius 1 is 0.944 bits per heavy atom. The van der Waals surface area contributed by atoms with Crippen molar-refractivity contribution in [3.63, 3.8) is 0 Å². The van der Waals surface area contributed by atoms with Gasteiger partial charge in [0.2, 0.25) is 0 Å². The third-order valence-electron chi connectivity index (χ3n) is 2.89. The van der Waals surface area contributed by atoms with Gasteiger partial charge in [0.1, 0.15) is 5.82 Å². The second kappa shape index (κ2) is 4.11. The van der Waals surface area contributed by atoms with Crippen LogP contribution in [0.5, 0.6) is 0 Å². The normalized spacial score (nSPS) is 10.7. The van der Waals surface area contributed by atoms with Crippen LogP contribution < -0.4 is 5.56 Å². The molecule has 88 valence electrons. The van der Waals surface area contributed by atoms with E-state index in [0.717, 1.165) is 5.39 Å². The lowest BCUT2D eigenvalue weighted by molar-refractivity contribution is 0.628. The summed E-state index contributed by atoms with van der Waals surface area (Å²) in [6.45, 7) is 0. The van der Waals surface area contributed by atoms with Gasteiger partial charge in [0.25, 0.3) is 5.56 Å². The Balaban J connectivity index is 2.28. The Hall–Kier alpha value is -2.42. The first-order valence-electron chi connectivity index (χ1n) is 5.62. The van der Waals surface area contributed by atoms with E-state index in [1.165, 1.54) is 12.1 Å². The van der Waals surface area contributed by atoms with Crippen molar-refractivity contribution >= 4 is 10.8 Å². The summed E-state index contributed by atoms with van der Waals surface area (Å²) in [6, 6.07) is 15.4. The largest absolute Gasteiger partial charge is 0.321 e. The molecule has 0 amide bonds. The molecule has 0 spiro atoms. The smallest absolute Gasteiger partial charge is 0.256 e. The van der Waals surface area contributed by atoms with E-state index < -0.39 is 0 Å². The van der Waals surface area contributed by atoms with E-state index in [4.69, 9.17) is 0 Å². The third kappa shape index (κ3) is 1.80. The second-order valence-corrected chi connectivity index (χ2v) is 4.11. The maximum absolute atomic E-state index is 13.2. The Labute approximate surface area is 103 Å². The average molecular weight is 239 g/mol. The topological polar surface area (TPSA) is 32.9 Å². The molecule has 0 fully saturated rings. The Morgan fingerprint density at radius 3 is 2.61 bits per heavy atom. The molecule has 0 aliphatic carbocycles. The van der Waals surface area contributed by atoms with Crippen molar-refractivity contribution in [3.05, 3.63) is 70.8 Å². The van der Waals surface area contributed by atoms with Crippen molar-refractivity contribution in [3.8, 4) is 11.3 Å². The molecule has 0 atom stereocenters. The van der Waals surface area contributed by atoms with Gasteiger partial charge in [0.15, 0.2) is 0 Å². The number of pyridine rings is 1. The monoisotopic (exact) mass is 239 g/mol. The summed E-state index contributed by atoms with van der Waals surface area (Å²) < 4.78 is 13.2. The fraction of sp³-hybridized carbons (Fsp3) is 0. The van der Waals surface area contributed by atoms with E-state index in [0.29, 0.717) is 16.6 Å². The zero-order valence-electron chi connectivity index (χ0n) is 9.48. The lowest BCUT2D eigenvalue weighted by Gasteiger charge is -2.04. The van der Waals surface area contributed by atoms with E-state index in [2.05, 4.69) is 4.98 Å². The predicted octanol–water partition coefficient (Wildman–Crippen LogP) is 3.33. The number of hydrogen-bond donors (Lipinski definition) is 1. The number of H-pyrrole nitrogens is 1. The van der Waals surface area contributed by atoms with Crippen LogP contribution in [0.25, 0.3) is 22.0 Å². The molecule has 1 heterocycles. The quantitative estimate of drug-likeness (QED) is 0.694. The van der Waals surface area contributed by atoms with E-state index in [9.17, 15) is 9.18 Å². The van der Waals surface area contributed by atoms with Crippen LogP contribution in [-0.2, 0) is 0 Å². The first-order chi connectivity index (χ1) is 8.74. The van der Waals surface area contributed by atoms with Gasteiger partial charge < -0.3 is 4.98 Å². The Bertz CT molecular complexity index is 777. The summed E-state index contributed by atoms with van der Waals surface area (Å²) in [5.41, 5.74) is 1.13. The molecule has 0 saturated carbocycles. The van der Waals surface area contributed by atoms with Gasteiger partial charge in [-0.3, -0.25) is 4.79 Å². The Kier molecular flexibility index (Phi) is 2.45. The number of halogens is 1. The zero-order valence-corrected chi connectivity index (χ0v) is 9.48. The van der Waals surface area contributed by atoms with Gasteiger partial charge >= 0.3 is 0 Å². The van der Waals surface area contributed by atoms with Crippen LogP contribution in [0.1, 0.15) is 0 Å². The highest BCUT2D eigenvalue weighted by atomic mass is 19.1. The van der Waals surface area contributed by atoms with E-state index in [-0.39, 0.29) is 11.4 Å².